The van der Waals surface area contributed by atoms with E-state index < -0.39 is 11.6 Å². The molecule has 0 bridgehead atoms. The van der Waals surface area contributed by atoms with Crippen LogP contribution in [0.25, 0.3) is 16.7 Å². The van der Waals surface area contributed by atoms with Gasteiger partial charge >= 0.3 is 0 Å². The second kappa shape index (κ2) is 7.94. The molecule has 2 aromatic heterocycles. The van der Waals surface area contributed by atoms with Crippen molar-refractivity contribution in [3.8, 4) is 5.69 Å². The molecular weight excluding hydrogens is 400 g/mol. The maximum Gasteiger partial charge on any atom is 0.222 e. The molecule has 0 fully saturated rings. The van der Waals surface area contributed by atoms with Crippen molar-refractivity contribution in [3.05, 3.63) is 77.9 Å². The number of nitrogens with zero attached hydrogens (tertiary/aromatic N) is 4. The number of hydrogen-bond donors (Lipinski definition) is 1. The van der Waals surface area contributed by atoms with Crippen LogP contribution in [0.15, 0.2) is 55.0 Å². The Bertz CT molecular complexity index is 1260. The summed E-state index contributed by atoms with van der Waals surface area (Å²) in [6, 6.07) is 11.1. The average molecular weight is 421 g/mol. The predicted molar refractivity (Wildman–Crippen MR) is 112 cm³/mol. The number of benzene rings is 2. The number of hydrogen-bond acceptors (Lipinski definition) is 3. The lowest BCUT2D eigenvalue weighted by molar-refractivity contribution is -0.122. The summed E-state index contributed by atoms with van der Waals surface area (Å²) in [7, 11) is 0. The normalized spacial score (nSPS) is 15.7. The van der Waals surface area contributed by atoms with Gasteiger partial charge in [-0.2, -0.15) is 5.10 Å². The van der Waals surface area contributed by atoms with E-state index >= 15 is 0 Å². The van der Waals surface area contributed by atoms with Gasteiger partial charge in [0.2, 0.25) is 5.91 Å². The first kappa shape index (κ1) is 19.4. The lowest BCUT2D eigenvalue weighted by Crippen LogP contribution is -2.31. The van der Waals surface area contributed by atoms with Crippen LogP contribution in [-0.2, 0) is 17.8 Å². The maximum absolute atomic E-state index is 14.3. The van der Waals surface area contributed by atoms with E-state index in [1.54, 1.807) is 12.5 Å². The number of rotatable bonds is 5. The molecule has 31 heavy (non-hydrogen) atoms. The first-order chi connectivity index (χ1) is 15.1. The van der Waals surface area contributed by atoms with Crippen molar-refractivity contribution in [2.24, 2.45) is 0 Å². The zero-order valence-corrected chi connectivity index (χ0v) is 16.8. The Morgan fingerprint density at radius 1 is 1.19 bits per heavy atom. The van der Waals surface area contributed by atoms with E-state index in [1.165, 1.54) is 16.8 Å². The fourth-order valence-corrected chi connectivity index (χ4v) is 4.24. The van der Waals surface area contributed by atoms with Crippen LogP contribution in [0.4, 0.5) is 8.78 Å². The molecule has 6 nitrogen and oxygen atoms in total. The average Bonchev–Trinajstić information content (AvgIpc) is 3.37. The van der Waals surface area contributed by atoms with Crippen molar-refractivity contribution in [1.82, 2.24) is 24.6 Å². The Labute approximate surface area is 177 Å². The van der Waals surface area contributed by atoms with Crippen molar-refractivity contribution in [3.63, 3.8) is 0 Å². The molecule has 0 unspecified atom stereocenters. The molecule has 1 amide bonds. The van der Waals surface area contributed by atoms with Gasteiger partial charge in [0.05, 0.1) is 29.6 Å². The van der Waals surface area contributed by atoms with Crippen molar-refractivity contribution in [2.75, 3.05) is 0 Å². The van der Waals surface area contributed by atoms with Crippen LogP contribution in [0, 0.1) is 11.6 Å². The first-order valence-electron chi connectivity index (χ1n) is 10.3. The third kappa shape index (κ3) is 3.69. The first-order valence-corrected chi connectivity index (χ1v) is 10.3. The fourth-order valence-electron chi connectivity index (χ4n) is 4.24. The molecular formula is C23H21F2N5O. The Morgan fingerprint density at radius 2 is 2.06 bits per heavy atom. The molecule has 158 valence electrons. The van der Waals surface area contributed by atoms with Crippen molar-refractivity contribution >= 4 is 16.9 Å². The monoisotopic (exact) mass is 421 g/mol. The van der Waals surface area contributed by atoms with Gasteiger partial charge in [-0.05, 0) is 43.5 Å². The number of carbonyl (C=O) groups excluding carboxylic acids is 1. The summed E-state index contributed by atoms with van der Waals surface area (Å²) in [6.45, 7) is 0.534. The molecule has 0 saturated heterocycles. The van der Waals surface area contributed by atoms with Crippen LogP contribution in [0.1, 0.15) is 36.6 Å². The number of para-hydroxylation sites is 2. The van der Waals surface area contributed by atoms with Gasteiger partial charge in [0.25, 0.3) is 0 Å². The summed E-state index contributed by atoms with van der Waals surface area (Å²) in [6.07, 6.45) is 6.11. The highest BCUT2D eigenvalue weighted by atomic mass is 19.1. The van der Waals surface area contributed by atoms with Crippen LogP contribution in [0.5, 0.6) is 0 Å². The second-order valence-electron chi connectivity index (χ2n) is 7.74. The Balaban J connectivity index is 1.30. The zero-order chi connectivity index (χ0) is 21.4. The maximum atomic E-state index is 14.3. The van der Waals surface area contributed by atoms with E-state index in [4.69, 9.17) is 0 Å². The van der Waals surface area contributed by atoms with Crippen LogP contribution in [0.2, 0.25) is 0 Å². The molecule has 1 aliphatic rings. The van der Waals surface area contributed by atoms with Gasteiger partial charge in [0.15, 0.2) is 5.82 Å². The molecule has 0 spiro atoms. The van der Waals surface area contributed by atoms with Gasteiger partial charge in [-0.1, -0.05) is 12.1 Å². The van der Waals surface area contributed by atoms with Crippen LogP contribution >= 0.6 is 0 Å². The van der Waals surface area contributed by atoms with E-state index in [0.29, 0.717) is 13.0 Å². The highest BCUT2D eigenvalue weighted by molar-refractivity contribution is 5.78. The minimum absolute atomic E-state index is 0.0589. The molecule has 0 saturated carbocycles. The molecule has 4 aromatic rings. The minimum atomic E-state index is -0.662. The van der Waals surface area contributed by atoms with Crippen molar-refractivity contribution in [2.45, 2.75) is 38.3 Å². The van der Waals surface area contributed by atoms with Gasteiger partial charge in [-0.3, -0.25) is 4.79 Å². The van der Waals surface area contributed by atoms with Gasteiger partial charge < -0.3 is 9.88 Å². The minimum Gasteiger partial charge on any atom is -0.349 e. The summed E-state index contributed by atoms with van der Waals surface area (Å²) in [5.74, 6) is -1.35. The summed E-state index contributed by atoms with van der Waals surface area (Å²) in [5.41, 5.74) is 3.85. The third-order valence-corrected chi connectivity index (χ3v) is 5.76. The quantitative estimate of drug-likeness (QED) is 0.528. The molecule has 0 radical (unpaired) electrons. The number of halogens is 2. The Morgan fingerprint density at radius 3 is 2.94 bits per heavy atom. The van der Waals surface area contributed by atoms with Crippen molar-refractivity contribution < 1.29 is 13.6 Å². The molecule has 1 N–H and O–H groups in total. The lowest BCUT2D eigenvalue weighted by atomic mass is 9.92. The topological polar surface area (TPSA) is 64.7 Å². The second-order valence-corrected chi connectivity index (χ2v) is 7.74. The van der Waals surface area contributed by atoms with Crippen LogP contribution in [0.3, 0.4) is 0 Å². The summed E-state index contributed by atoms with van der Waals surface area (Å²) >= 11 is 0. The fraction of sp³-hybridized carbons (Fsp3) is 0.261. The number of aryl methyl sites for hydroxylation is 1. The zero-order valence-electron chi connectivity index (χ0n) is 16.8. The number of fused-ring (bicyclic) bond motifs is 2. The van der Waals surface area contributed by atoms with Crippen molar-refractivity contribution in [1.29, 1.82) is 0 Å². The predicted octanol–water partition coefficient (Wildman–Crippen LogP) is 4.08. The smallest absolute Gasteiger partial charge is 0.222 e. The summed E-state index contributed by atoms with van der Waals surface area (Å²) in [4.78, 5) is 17.0. The molecule has 0 aliphatic heterocycles. The lowest BCUT2D eigenvalue weighted by Gasteiger charge is -2.24. The number of carbonyl (C=O) groups is 1. The highest BCUT2D eigenvalue weighted by Gasteiger charge is 2.26. The van der Waals surface area contributed by atoms with E-state index in [2.05, 4.69) is 15.4 Å². The van der Waals surface area contributed by atoms with Gasteiger partial charge in [0.1, 0.15) is 11.5 Å². The largest absolute Gasteiger partial charge is 0.349 e. The van der Waals surface area contributed by atoms with E-state index in [-0.39, 0.29) is 17.6 Å². The summed E-state index contributed by atoms with van der Waals surface area (Å²) in [5, 5.41) is 7.42. The van der Waals surface area contributed by atoms with E-state index in [0.717, 1.165) is 47.6 Å². The van der Waals surface area contributed by atoms with Crippen LogP contribution in [-0.4, -0.2) is 25.2 Å². The molecule has 1 aliphatic carbocycles. The number of aromatic nitrogens is 4. The van der Waals surface area contributed by atoms with Crippen LogP contribution < -0.4 is 5.32 Å². The van der Waals surface area contributed by atoms with E-state index in [9.17, 15) is 13.6 Å². The highest BCUT2D eigenvalue weighted by Crippen LogP contribution is 2.31. The summed E-state index contributed by atoms with van der Waals surface area (Å²) < 4.78 is 31.0. The SMILES string of the molecule is O=C(CCn1cnc2ccccc21)N[C@H]1CCCc2c1cnn2-c1ccc(F)cc1F. The van der Waals surface area contributed by atoms with Gasteiger partial charge in [-0.15, -0.1) is 0 Å². The molecule has 2 aromatic carbocycles. The molecule has 1 atom stereocenters. The molecule has 2 heterocycles. The Kier molecular flexibility index (Phi) is 4.97. The molecule has 8 heteroatoms. The van der Waals surface area contributed by atoms with Gasteiger partial charge in [0, 0.05) is 30.3 Å². The Hall–Kier alpha value is -3.55. The number of imidazole rings is 1. The van der Waals surface area contributed by atoms with Gasteiger partial charge in [-0.25, -0.2) is 18.4 Å². The standard InChI is InChI=1S/C23H21F2N5O/c24-15-8-9-21(17(25)12-15)30-20-7-3-5-18(16(20)13-27-30)28-23(31)10-11-29-14-26-19-4-1-2-6-22(19)29/h1-2,4,6,8-9,12-14,18H,3,5,7,10-11H2,(H,28,31)/t18-/m0/s1. The number of amides is 1. The molecule has 5 rings (SSSR count). The van der Waals surface area contributed by atoms with E-state index in [1.807, 2.05) is 28.8 Å². The third-order valence-electron chi connectivity index (χ3n) is 5.76. The number of nitrogens with one attached hydrogen (secondary N) is 1.